The first-order valence-electron chi connectivity index (χ1n) is 13.2. The third-order valence-corrected chi connectivity index (χ3v) is 5.92. The van der Waals surface area contributed by atoms with Gasteiger partial charge in [-0.2, -0.15) is 0 Å². The van der Waals surface area contributed by atoms with Crippen molar-refractivity contribution in [2.24, 2.45) is 0 Å². The van der Waals surface area contributed by atoms with Crippen molar-refractivity contribution in [3.63, 3.8) is 0 Å². The average molecular weight is 477 g/mol. The number of unbranched alkanes of at least 4 members (excludes halogenated alkanes) is 4. The fourth-order valence-corrected chi connectivity index (χ4v) is 3.86. The van der Waals surface area contributed by atoms with Gasteiger partial charge in [0.25, 0.3) is 0 Å². The standard InChI is InChI=1S/C31H44N2O2/c1-3-4-5-6-7-8-9-10-11-12-13-14-15-16-17-18-19-20-31(34)32-24-23-27-26-33-30-22-21-28(35-2)25-29(27)30/h7-8,10-11,13-14,16-17,21-22,25-26,33H,3-6,9,12,15,18-20,23-24H2,1-2H3,(H,32,34). The predicted octanol–water partition coefficient (Wildman–Crippen LogP) is 7.98. The molecule has 1 heterocycles. The Bertz CT molecular complexity index is 966. The van der Waals surface area contributed by atoms with Gasteiger partial charge >= 0.3 is 0 Å². The summed E-state index contributed by atoms with van der Waals surface area (Å²) in [6, 6.07) is 6.01. The molecular weight excluding hydrogens is 432 g/mol. The van der Waals surface area contributed by atoms with Crippen LogP contribution in [0.15, 0.2) is 73.0 Å². The van der Waals surface area contributed by atoms with Crippen molar-refractivity contribution in [3.05, 3.63) is 78.6 Å². The van der Waals surface area contributed by atoms with E-state index in [2.05, 4.69) is 65.8 Å². The lowest BCUT2D eigenvalue weighted by molar-refractivity contribution is -0.121. The summed E-state index contributed by atoms with van der Waals surface area (Å²) >= 11 is 0. The summed E-state index contributed by atoms with van der Waals surface area (Å²) < 4.78 is 5.32. The highest BCUT2D eigenvalue weighted by atomic mass is 16.5. The maximum Gasteiger partial charge on any atom is 0.220 e. The molecule has 190 valence electrons. The highest BCUT2D eigenvalue weighted by molar-refractivity contribution is 5.84. The van der Waals surface area contributed by atoms with Crippen LogP contribution in [0.1, 0.15) is 76.7 Å². The van der Waals surface area contributed by atoms with E-state index in [1.807, 2.05) is 24.4 Å². The number of carbonyl (C=O) groups excluding carboxylic acids is 1. The summed E-state index contributed by atoms with van der Waals surface area (Å²) in [6.45, 7) is 2.89. The average Bonchev–Trinajstić information content (AvgIpc) is 3.28. The van der Waals surface area contributed by atoms with Crippen LogP contribution in [0.3, 0.4) is 0 Å². The SMILES string of the molecule is CCCCCC=CCC=CCC=CCC=CCCCC(=O)NCCc1c[nH]c2ccc(OC)cc12. The number of amides is 1. The number of hydrogen-bond donors (Lipinski definition) is 2. The van der Waals surface area contributed by atoms with Crippen LogP contribution in [0.2, 0.25) is 0 Å². The zero-order valence-electron chi connectivity index (χ0n) is 21.7. The van der Waals surface area contributed by atoms with E-state index in [9.17, 15) is 4.79 Å². The lowest BCUT2D eigenvalue weighted by atomic mass is 10.1. The fourth-order valence-electron chi connectivity index (χ4n) is 3.86. The van der Waals surface area contributed by atoms with Crippen LogP contribution in [0.5, 0.6) is 5.75 Å². The van der Waals surface area contributed by atoms with E-state index in [1.54, 1.807) is 7.11 Å². The van der Waals surface area contributed by atoms with E-state index in [0.29, 0.717) is 13.0 Å². The second-order valence-electron chi connectivity index (χ2n) is 8.81. The zero-order valence-corrected chi connectivity index (χ0v) is 21.7. The minimum atomic E-state index is 0.123. The van der Waals surface area contributed by atoms with Gasteiger partial charge in [0.05, 0.1) is 7.11 Å². The van der Waals surface area contributed by atoms with E-state index in [0.717, 1.165) is 55.2 Å². The van der Waals surface area contributed by atoms with Crippen LogP contribution < -0.4 is 10.1 Å². The van der Waals surface area contributed by atoms with Crippen molar-refractivity contribution < 1.29 is 9.53 Å². The molecule has 1 aromatic carbocycles. The first kappa shape index (κ1) is 28.2. The number of aromatic nitrogens is 1. The Morgan fingerprint density at radius 3 is 2.23 bits per heavy atom. The molecule has 4 heteroatoms. The number of rotatable bonds is 18. The minimum Gasteiger partial charge on any atom is -0.497 e. The quantitative estimate of drug-likeness (QED) is 0.169. The summed E-state index contributed by atoms with van der Waals surface area (Å²) in [5, 5.41) is 4.19. The van der Waals surface area contributed by atoms with Crippen LogP contribution in [0.4, 0.5) is 0 Å². The van der Waals surface area contributed by atoms with Gasteiger partial charge in [0.15, 0.2) is 0 Å². The molecular formula is C31H44N2O2. The highest BCUT2D eigenvalue weighted by Crippen LogP contribution is 2.23. The molecule has 2 N–H and O–H groups in total. The number of methoxy groups -OCH3 is 1. The third kappa shape index (κ3) is 12.3. The van der Waals surface area contributed by atoms with Crippen LogP contribution in [-0.4, -0.2) is 24.5 Å². The van der Waals surface area contributed by atoms with Gasteiger partial charge in [0.1, 0.15) is 5.75 Å². The number of hydrogen-bond acceptors (Lipinski definition) is 2. The zero-order chi connectivity index (χ0) is 25.0. The van der Waals surface area contributed by atoms with E-state index in [1.165, 1.54) is 31.2 Å². The number of aromatic amines is 1. The molecule has 0 fully saturated rings. The maximum atomic E-state index is 12.1. The molecule has 0 bridgehead atoms. The minimum absolute atomic E-state index is 0.123. The van der Waals surface area contributed by atoms with Crippen molar-refractivity contribution in [2.45, 2.75) is 77.6 Å². The predicted molar refractivity (Wildman–Crippen MR) is 150 cm³/mol. The second kappa shape index (κ2) is 18.3. The summed E-state index contributed by atoms with van der Waals surface area (Å²) in [6.07, 6.45) is 31.1. The summed E-state index contributed by atoms with van der Waals surface area (Å²) in [7, 11) is 1.68. The Hall–Kier alpha value is -3.01. The second-order valence-corrected chi connectivity index (χ2v) is 8.81. The van der Waals surface area contributed by atoms with Gasteiger partial charge in [0.2, 0.25) is 5.91 Å². The number of benzene rings is 1. The Morgan fingerprint density at radius 1 is 0.914 bits per heavy atom. The lowest BCUT2D eigenvalue weighted by Crippen LogP contribution is -2.25. The van der Waals surface area contributed by atoms with Gasteiger partial charge in [-0.15, -0.1) is 0 Å². The van der Waals surface area contributed by atoms with Crippen molar-refractivity contribution in [3.8, 4) is 5.75 Å². The molecule has 2 rings (SSSR count). The Balaban J connectivity index is 1.47. The molecule has 0 radical (unpaired) electrons. The number of fused-ring (bicyclic) bond motifs is 1. The van der Waals surface area contributed by atoms with Crippen LogP contribution in [-0.2, 0) is 11.2 Å². The van der Waals surface area contributed by atoms with Crippen molar-refractivity contribution in [1.29, 1.82) is 0 Å². The molecule has 35 heavy (non-hydrogen) atoms. The Kier molecular flexibility index (Phi) is 14.8. The van der Waals surface area contributed by atoms with Gasteiger partial charge in [-0.25, -0.2) is 0 Å². The molecule has 0 aliphatic heterocycles. The monoisotopic (exact) mass is 476 g/mol. The van der Waals surface area contributed by atoms with E-state index >= 15 is 0 Å². The maximum absolute atomic E-state index is 12.1. The van der Waals surface area contributed by atoms with Gasteiger partial charge in [-0.05, 0) is 75.1 Å². The largest absolute Gasteiger partial charge is 0.497 e. The molecule has 0 saturated heterocycles. The lowest BCUT2D eigenvalue weighted by Gasteiger charge is -2.05. The van der Waals surface area contributed by atoms with Crippen LogP contribution in [0, 0.1) is 0 Å². The number of carbonyl (C=O) groups is 1. The first-order chi connectivity index (χ1) is 17.2. The van der Waals surface area contributed by atoms with Crippen molar-refractivity contribution >= 4 is 16.8 Å². The molecule has 0 aliphatic carbocycles. The van der Waals surface area contributed by atoms with E-state index in [4.69, 9.17) is 4.74 Å². The molecule has 0 spiro atoms. The molecule has 1 aromatic heterocycles. The summed E-state index contributed by atoms with van der Waals surface area (Å²) in [5.41, 5.74) is 2.28. The molecule has 4 nitrogen and oxygen atoms in total. The Morgan fingerprint density at radius 2 is 1.57 bits per heavy atom. The number of ether oxygens (including phenoxy) is 1. The van der Waals surface area contributed by atoms with Crippen LogP contribution >= 0.6 is 0 Å². The molecule has 1 amide bonds. The topological polar surface area (TPSA) is 54.1 Å². The highest BCUT2D eigenvalue weighted by Gasteiger charge is 2.06. The third-order valence-electron chi connectivity index (χ3n) is 5.92. The smallest absolute Gasteiger partial charge is 0.220 e. The molecule has 2 aromatic rings. The molecule has 0 unspecified atom stereocenters. The van der Waals surface area contributed by atoms with Gasteiger partial charge in [0, 0.05) is 30.1 Å². The summed E-state index contributed by atoms with van der Waals surface area (Å²) in [4.78, 5) is 15.4. The van der Waals surface area contributed by atoms with Gasteiger partial charge < -0.3 is 15.0 Å². The number of nitrogens with one attached hydrogen (secondary N) is 2. The van der Waals surface area contributed by atoms with Crippen molar-refractivity contribution in [2.75, 3.05) is 13.7 Å². The Labute approximate surface area is 212 Å². The van der Waals surface area contributed by atoms with E-state index < -0.39 is 0 Å². The van der Waals surface area contributed by atoms with Crippen LogP contribution in [0.25, 0.3) is 10.9 Å². The molecule has 0 saturated carbocycles. The summed E-state index contributed by atoms with van der Waals surface area (Å²) in [5.74, 6) is 0.970. The fraction of sp³-hybridized carbons (Fsp3) is 0.452. The van der Waals surface area contributed by atoms with Gasteiger partial charge in [-0.1, -0.05) is 68.4 Å². The first-order valence-corrected chi connectivity index (χ1v) is 13.2. The van der Waals surface area contributed by atoms with Gasteiger partial charge in [-0.3, -0.25) is 4.79 Å². The number of allylic oxidation sites excluding steroid dienone is 8. The van der Waals surface area contributed by atoms with Crippen molar-refractivity contribution in [1.82, 2.24) is 10.3 Å². The van der Waals surface area contributed by atoms with E-state index in [-0.39, 0.29) is 5.91 Å². The normalized spacial score (nSPS) is 12.2. The molecule has 0 atom stereocenters. The molecule has 0 aliphatic rings. The number of H-pyrrole nitrogens is 1.